The van der Waals surface area contributed by atoms with Crippen LogP contribution in [0.1, 0.15) is 21.6 Å². The van der Waals surface area contributed by atoms with Gasteiger partial charge in [0, 0.05) is 18.0 Å². The van der Waals surface area contributed by atoms with E-state index in [9.17, 15) is 27.9 Å². The molecule has 200 valence electrons. The van der Waals surface area contributed by atoms with Crippen molar-refractivity contribution in [3.8, 4) is 22.3 Å². The van der Waals surface area contributed by atoms with Crippen molar-refractivity contribution in [1.29, 1.82) is 0 Å². The molecule has 0 bridgehead atoms. The molecule has 1 aromatic heterocycles. The molecule has 0 aliphatic heterocycles. The number of rotatable bonds is 7. The second kappa shape index (κ2) is 11.0. The number of benzene rings is 4. The van der Waals surface area contributed by atoms with Crippen LogP contribution < -0.4 is 5.32 Å². The van der Waals surface area contributed by atoms with Gasteiger partial charge in [-0.1, -0.05) is 78.9 Å². The predicted molar refractivity (Wildman–Crippen MR) is 147 cm³/mol. The van der Waals surface area contributed by atoms with E-state index in [0.717, 1.165) is 28.8 Å². The Morgan fingerprint density at radius 3 is 2.00 bits per heavy atom. The van der Waals surface area contributed by atoms with Crippen molar-refractivity contribution in [3.63, 3.8) is 0 Å². The quantitative estimate of drug-likeness (QED) is 0.233. The molecule has 1 heterocycles. The number of alkyl halides is 3. The highest BCUT2D eigenvalue weighted by Crippen LogP contribution is 2.32. The average molecular weight is 541 g/mol. The average Bonchev–Trinajstić information content (AvgIpc) is 2.96. The highest BCUT2D eigenvalue weighted by atomic mass is 19.4. The Bertz CT molecular complexity index is 1670. The highest BCUT2D eigenvalue weighted by molar-refractivity contribution is 5.98. The van der Waals surface area contributed by atoms with Gasteiger partial charge in [0.2, 0.25) is 0 Å². The van der Waals surface area contributed by atoms with Crippen LogP contribution in [0.4, 0.5) is 13.2 Å². The number of hydrogen-bond donors (Lipinski definition) is 2. The Labute approximate surface area is 227 Å². The van der Waals surface area contributed by atoms with Crippen LogP contribution in [0.3, 0.4) is 0 Å². The Kier molecular flexibility index (Phi) is 7.33. The zero-order valence-electron chi connectivity index (χ0n) is 21.0. The highest BCUT2D eigenvalue weighted by Gasteiger charge is 2.30. The molecule has 0 saturated carbocycles. The molecular formula is C32H23F3N2O3. The summed E-state index contributed by atoms with van der Waals surface area (Å²) in [5.41, 5.74) is 3.45. The zero-order chi connectivity index (χ0) is 28.3. The van der Waals surface area contributed by atoms with E-state index in [0.29, 0.717) is 21.9 Å². The first-order valence-electron chi connectivity index (χ1n) is 12.4. The van der Waals surface area contributed by atoms with E-state index in [1.807, 2.05) is 54.6 Å². The van der Waals surface area contributed by atoms with Crippen molar-refractivity contribution in [2.24, 2.45) is 0 Å². The van der Waals surface area contributed by atoms with E-state index >= 15 is 0 Å². The van der Waals surface area contributed by atoms with E-state index in [4.69, 9.17) is 0 Å². The number of fused-ring (bicyclic) bond motifs is 1. The first-order valence-corrected chi connectivity index (χ1v) is 12.4. The number of carboxylic acids is 1. The van der Waals surface area contributed by atoms with Gasteiger partial charge in [-0.2, -0.15) is 13.2 Å². The van der Waals surface area contributed by atoms with Crippen molar-refractivity contribution >= 4 is 22.6 Å². The second-order valence-electron chi connectivity index (χ2n) is 9.34. The summed E-state index contributed by atoms with van der Waals surface area (Å²) < 4.78 is 38.6. The lowest BCUT2D eigenvalue weighted by atomic mass is 10.00. The van der Waals surface area contributed by atoms with Crippen molar-refractivity contribution in [1.82, 2.24) is 10.3 Å². The summed E-state index contributed by atoms with van der Waals surface area (Å²) in [6.45, 7) is 0. The first-order chi connectivity index (χ1) is 19.2. The third-order valence-electron chi connectivity index (χ3n) is 6.60. The molecule has 0 radical (unpaired) electrons. The Morgan fingerprint density at radius 1 is 0.750 bits per heavy atom. The van der Waals surface area contributed by atoms with Gasteiger partial charge in [-0.3, -0.25) is 9.78 Å². The number of amides is 1. The van der Waals surface area contributed by atoms with Gasteiger partial charge >= 0.3 is 12.1 Å². The molecule has 40 heavy (non-hydrogen) atoms. The molecule has 0 fully saturated rings. The van der Waals surface area contributed by atoms with E-state index in [1.54, 1.807) is 24.3 Å². The number of carboxylic acid groups (broad SMARTS) is 1. The van der Waals surface area contributed by atoms with Gasteiger partial charge in [0.05, 0.1) is 5.56 Å². The molecule has 0 saturated heterocycles. The van der Waals surface area contributed by atoms with Gasteiger partial charge in [-0.05, 0) is 57.5 Å². The smallest absolute Gasteiger partial charge is 0.416 e. The minimum absolute atomic E-state index is 0.0560. The first kappa shape index (κ1) is 26.6. The molecule has 1 amide bonds. The fourth-order valence-electron chi connectivity index (χ4n) is 4.43. The fraction of sp³-hybridized carbons (Fsp3) is 0.0938. The number of hydrogen-bond acceptors (Lipinski definition) is 3. The van der Waals surface area contributed by atoms with E-state index in [2.05, 4.69) is 10.3 Å². The van der Waals surface area contributed by atoms with Crippen LogP contribution in [0.2, 0.25) is 0 Å². The normalized spacial score (nSPS) is 12.2. The van der Waals surface area contributed by atoms with Crippen LogP contribution in [0, 0.1) is 0 Å². The summed E-state index contributed by atoms with van der Waals surface area (Å²) in [5, 5.41) is 13.7. The van der Waals surface area contributed by atoms with Gasteiger partial charge in [0.15, 0.2) is 0 Å². The summed E-state index contributed by atoms with van der Waals surface area (Å²) in [4.78, 5) is 29.0. The lowest BCUT2D eigenvalue weighted by Crippen LogP contribution is -2.42. The van der Waals surface area contributed by atoms with Gasteiger partial charge in [0.1, 0.15) is 11.7 Å². The summed E-state index contributed by atoms with van der Waals surface area (Å²) >= 11 is 0. The Morgan fingerprint density at radius 2 is 1.35 bits per heavy atom. The minimum Gasteiger partial charge on any atom is -0.480 e. The fourth-order valence-corrected chi connectivity index (χ4v) is 4.43. The summed E-state index contributed by atoms with van der Waals surface area (Å²) in [6, 6.07) is 27.8. The van der Waals surface area contributed by atoms with E-state index in [-0.39, 0.29) is 12.1 Å². The van der Waals surface area contributed by atoms with Crippen LogP contribution in [0.25, 0.3) is 33.0 Å². The molecular weight excluding hydrogens is 517 g/mol. The maximum atomic E-state index is 12.9. The van der Waals surface area contributed by atoms with E-state index in [1.165, 1.54) is 18.3 Å². The number of nitrogens with zero attached hydrogens (tertiary/aromatic N) is 1. The van der Waals surface area contributed by atoms with Crippen molar-refractivity contribution in [2.75, 3.05) is 0 Å². The maximum absolute atomic E-state index is 12.9. The molecule has 4 aromatic carbocycles. The topological polar surface area (TPSA) is 79.3 Å². The van der Waals surface area contributed by atoms with Crippen molar-refractivity contribution < 1.29 is 27.9 Å². The lowest BCUT2D eigenvalue weighted by molar-refractivity contribution is -0.139. The summed E-state index contributed by atoms with van der Waals surface area (Å²) in [6.07, 6.45) is -2.83. The number of halogens is 3. The van der Waals surface area contributed by atoms with E-state index < -0.39 is 29.7 Å². The number of aromatic nitrogens is 1. The summed E-state index contributed by atoms with van der Waals surface area (Å²) in [7, 11) is 0. The minimum atomic E-state index is -4.41. The molecule has 0 spiro atoms. The molecule has 5 nitrogen and oxygen atoms in total. The number of pyridine rings is 1. The van der Waals surface area contributed by atoms with Crippen LogP contribution in [-0.2, 0) is 17.4 Å². The maximum Gasteiger partial charge on any atom is 0.416 e. The molecule has 0 aliphatic rings. The standard InChI is InChI=1S/C32H23F3N2O3/c33-32(34,35)27-14-12-23(13-15-27)24-10-11-25-18-28(36-19-26(25)17-24)30(38)37-29(31(39)40)16-20-6-8-22(9-7-20)21-4-2-1-3-5-21/h1-15,17-19,29H,16H2,(H,37,38)(H,39,40). The predicted octanol–water partition coefficient (Wildman–Crippen LogP) is 7.01. The second-order valence-corrected chi connectivity index (χ2v) is 9.34. The van der Waals surface area contributed by atoms with Crippen molar-refractivity contribution in [2.45, 2.75) is 18.6 Å². The third kappa shape index (κ3) is 6.02. The molecule has 5 rings (SSSR count). The Hall–Kier alpha value is -4.98. The third-order valence-corrected chi connectivity index (χ3v) is 6.60. The molecule has 1 atom stereocenters. The lowest BCUT2D eigenvalue weighted by Gasteiger charge is -2.15. The van der Waals surface area contributed by atoms with Gasteiger partial charge in [-0.25, -0.2) is 4.79 Å². The number of nitrogens with one attached hydrogen (secondary N) is 1. The molecule has 2 N–H and O–H groups in total. The zero-order valence-corrected chi connectivity index (χ0v) is 21.0. The largest absolute Gasteiger partial charge is 0.480 e. The number of carbonyl (C=O) groups is 2. The van der Waals surface area contributed by atoms with Gasteiger partial charge in [-0.15, -0.1) is 0 Å². The van der Waals surface area contributed by atoms with Crippen molar-refractivity contribution in [3.05, 3.63) is 126 Å². The van der Waals surface area contributed by atoms with Crippen LogP contribution in [0.15, 0.2) is 109 Å². The van der Waals surface area contributed by atoms with Gasteiger partial charge < -0.3 is 10.4 Å². The van der Waals surface area contributed by atoms with Crippen LogP contribution in [-0.4, -0.2) is 28.0 Å². The molecule has 5 aromatic rings. The van der Waals surface area contributed by atoms with Crippen LogP contribution in [0.5, 0.6) is 0 Å². The monoisotopic (exact) mass is 540 g/mol. The van der Waals surface area contributed by atoms with Crippen LogP contribution >= 0.6 is 0 Å². The number of carbonyl (C=O) groups excluding carboxylic acids is 1. The van der Waals surface area contributed by atoms with Gasteiger partial charge in [0.25, 0.3) is 5.91 Å². The molecule has 8 heteroatoms. The summed E-state index contributed by atoms with van der Waals surface area (Å²) in [5.74, 6) is -1.79. The number of aliphatic carboxylic acids is 1. The Balaban J connectivity index is 1.29. The SMILES string of the molecule is O=C(NC(Cc1ccc(-c2ccccc2)cc1)C(=O)O)c1cc2ccc(-c3ccc(C(F)(F)F)cc3)cc2cn1. The molecule has 1 unspecified atom stereocenters. The molecule has 0 aliphatic carbocycles.